The number of amides is 2. The summed E-state index contributed by atoms with van der Waals surface area (Å²) in [6, 6.07) is 15.6. The summed E-state index contributed by atoms with van der Waals surface area (Å²) in [4.78, 5) is 25.9. The largest absolute Gasteiger partial charge is 0.338 e. The number of thioether (sulfide) groups is 1. The summed E-state index contributed by atoms with van der Waals surface area (Å²) in [5.74, 6) is 0.885. The molecule has 4 nitrogen and oxygen atoms in total. The molecule has 2 aromatic rings. The van der Waals surface area contributed by atoms with Gasteiger partial charge in [-0.2, -0.15) is 11.8 Å². The molecule has 0 bridgehead atoms. The predicted molar refractivity (Wildman–Crippen MR) is 108 cm³/mol. The Balaban J connectivity index is 1.66. The van der Waals surface area contributed by atoms with Crippen molar-refractivity contribution in [2.45, 2.75) is 25.5 Å². The third kappa shape index (κ3) is 4.47. The SMILES string of the molecule is CC(=O)Nc1ccc(C(=O)N2CCS[C@@H](c3ccccc3C)CC2)cc1. The van der Waals surface area contributed by atoms with Crippen LogP contribution in [-0.2, 0) is 4.79 Å². The van der Waals surface area contributed by atoms with Crippen molar-refractivity contribution in [1.29, 1.82) is 0 Å². The Morgan fingerprint density at radius 1 is 1.08 bits per heavy atom. The second-order valence-corrected chi connectivity index (χ2v) is 7.87. The van der Waals surface area contributed by atoms with Crippen LogP contribution in [0.1, 0.15) is 40.1 Å². The van der Waals surface area contributed by atoms with E-state index in [0.29, 0.717) is 16.5 Å². The first-order chi connectivity index (χ1) is 12.5. The molecule has 0 spiro atoms. The number of carbonyl (C=O) groups is 2. The van der Waals surface area contributed by atoms with E-state index in [2.05, 4.69) is 36.5 Å². The van der Waals surface area contributed by atoms with E-state index in [-0.39, 0.29) is 11.8 Å². The normalized spacial score (nSPS) is 17.5. The molecule has 2 amide bonds. The minimum Gasteiger partial charge on any atom is -0.338 e. The summed E-state index contributed by atoms with van der Waals surface area (Å²) in [7, 11) is 0. The number of nitrogens with one attached hydrogen (secondary N) is 1. The Bertz CT molecular complexity index is 789. The summed E-state index contributed by atoms with van der Waals surface area (Å²) in [5.41, 5.74) is 4.07. The van der Waals surface area contributed by atoms with Gasteiger partial charge in [0.1, 0.15) is 0 Å². The van der Waals surface area contributed by atoms with Crippen molar-refractivity contribution < 1.29 is 9.59 Å². The lowest BCUT2D eigenvalue weighted by Gasteiger charge is -2.21. The highest BCUT2D eigenvalue weighted by Gasteiger charge is 2.23. The van der Waals surface area contributed by atoms with Crippen LogP contribution in [-0.4, -0.2) is 35.6 Å². The van der Waals surface area contributed by atoms with Gasteiger partial charge < -0.3 is 10.2 Å². The molecular formula is C21H24N2O2S. The monoisotopic (exact) mass is 368 g/mol. The van der Waals surface area contributed by atoms with E-state index in [4.69, 9.17) is 0 Å². The first-order valence-corrected chi connectivity index (χ1v) is 9.93. The average molecular weight is 369 g/mol. The van der Waals surface area contributed by atoms with Crippen molar-refractivity contribution in [2.75, 3.05) is 24.2 Å². The van der Waals surface area contributed by atoms with E-state index in [1.54, 1.807) is 24.3 Å². The fourth-order valence-electron chi connectivity index (χ4n) is 3.25. The minimum absolute atomic E-state index is 0.0606. The maximum atomic E-state index is 12.8. The Kier molecular flexibility index (Phi) is 5.99. The number of rotatable bonds is 3. The molecule has 0 unspecified atom stereocenters. The van der Waals surface area contributed by atoms with E-state index in [1.807, 2.05) is 16.7 Å². The predicted octanol–water partition coefficient (Wildman–Crippen LogP) is 4.27. The molecule has 1 aliphatic heterocycles. The molecule has 1 N–H and O–H groups in total. The minimum atomic E-state index is -0.115. The maximum absolute atomic E-state index is 12.8. The highest BCUT2D eigenvalue weighted by Crippen LogP contribution is 2.36. The van der Waals surface area contributed by atoms with Crippen LogP contribution in [0.3, 0.4) is 0 Å². The summed E-state index contributed by atoms with van der Waals surface area (Å²) in [6.07, 6.45) is 0.964. The van der Waals surface area contributed by atoms with Gasteiger partial charge in [-0.3, -0.25) is 9.59 Å². The van der Waals surface area contributed by atoms with Crippen molar-refractivity contribution >= 4 is 29.3 Å². The zero-order valence-electron chi connectivity index (χ0n) is 15.2. The van der Waals surface area contributed by atoms with Crippen LogP contribution in [0.4, 0.5) is 5.69 Å². The second-order valence-electron chi connectivity index (χ2n) is 6.56. The zero-order valence-corrected chi connectivity index (χ0v) is 16.0. The van der Waals surface area contributed by atoms with Gasteiger partial charge in [0.05, 0.1) is 0 Å². The van der Waals surface area contributed by atoms with Crippen molar-refractivity contribution in [3.05, 3.63) is 65.2 Å². The molecule has 0 aromatic heterocycles. The second kappa shape index (κ2) is 8.41. The molecule has 0 saturated carbocycles. The molecule has 1 atom stereocenters. The number of aryl methyl sites for hydroxylation is 1. The molecule has 0 aliphatic carbocycles. The van der Waals surface area contributed by atoms with Gasteiger partial charge in [-0.25, -0.2) is 0 Å². The topological polar surface area (TPSA) is 49.4 Å². The molecule has 1 saturated heterocycles. The van der Waals surface area contributed by atoms with Gasteiger partial charge in [0.2, 0.25) is 5.91 Å². The number of carbonyl (C=O) groups excluding carboxylic acids is 2. The lowest BCUT2D eigenvalue weighted by molar-refractivity contribution is -0.114. The van der Waals surface area contributed by atoms with E-state index >= 15 is 0 Å². The van der Waals surface area contributed by atoms with Crippen molar-refractivity contribution in [3.8, 4) is 0 Å². The number of benzene rings is 2. The first kappa shape index (κ1) is 18.5. The molecule has 1 fully saturated rings. The number of anilines is 1. The van der Waals surface area contributed by atoms with E-state index in [9.17, 15) is 9.59 Å². The Morgan fingerprint density at radius 2 is 1.81 bits per heavy atom. The van der Waals surface area contributed by atoms with Crippen LogP contribution in [0.25, 0.3) is 0 Å². The zero-order chi connectivity index (χ0) is 18.5. The first-order valence-electron chi connectivity index (χ1n) is 8.88. The van der Waals surface area contributed by atoms with Crippen molar-refractivity contribution in [1.82, 2.24) is 4.90 Å². The number of nitrogens with zero attached hydrogens (tertiary/aromatic N) is 1. The van der Waals surface area contributed by atoms with Crippen molar-refractivity contribution in [3.63, 3.8) is 0 Å². The summed E-state index contributed by atoms with van der Waals surface area (Å²) < 4.78 is 0. The third-order valence-electron chi connectivity index (χ3n) is 4.62. The fraction of sp³-hybridized carbons (Fsp3) is 0.333. The van der Waals surface area contributed by atoms with Gasteiger partial charge in [0.25, 0.3) is 5.91 Å². The van der Waals surface area contributed by atoms with Gasteiger partial charge >= 0.3 is 0 Å². The van der Waals surface area contributed by atoms with Crippen LogP contribution >= 0.6 is 11.8 Å². The van der Waals surface area contributed by atoms with Gasteiger partial charge in [0.15, 0.2) is 0 Å². The Morgan fingerprint density at radius 3 is 2.50 bits per heavy atom. The summed E-state index contributed by atoms with van der Waals surface area (Å²) in [6.45, 7) is 5.15. The lowest BCUT2D eigenvalue weighted by Crippen LogP contribution is -2.32. The molecule has 5 heteroatoms. The average Bonchev–Trinajstić information content (AvgIpc) is 2.88. The van der Waals surface area contributed by atoms with Crippen LogP contribution in [0.2, 0.25) is 0 Å². The highest BCUT2D eigenvalue weighted by molar-refractivity contribution is 7.99. The fourth-order valence-corrected chi connectivity index (χ4v) is 4.58. The molecular weight excluding hydrogens is 344 g/mol. The van der Waals surface area contributed by atoms with Crippen LogP contribution in [0.5, 0.6) is 0 Å². The molecule has 136 valence electrons. The van der Waals surface area contributed by atoms with Crippen LogP contribution < -0.4 is 5.32 Å². The van der Waals surface area contributed by atoms with Gasteiger partial charge in [-0.1, -0.05) is 24.3 Å². The molecule has 26 heavy (non-hydrogen) atoms. The Hall–Kier alpha value is -2.27. The van der Waals surface area contributed by atoms with Gasteiger partial charge in [-0.05, 0) is 48.7 Å². The van der Waals surface area contributed by atoms with Gasteiger partial charge in [-0.15, -0.1) is 0 Å². The summed E-state index contributed by atoms with van der Waals surface area (Å²) in [5, 5.41) is 3.16. The molecule has 1 aliphatic rings. The molecule has 2 aromatic carbocycles. The van der Waals surface area contributed by atoms with E-state index in [1.165, 1.54) is 18.1 Å². The number of hydrogen-bond donors (Lipinski definition) is 1. The van der Waals surface area contributed by atoms with E-state index < -0.39 is 0 Å². The summed E-state index contributed by atoms with van der Waals surface area (Å²) >= 11 is 1.94. The van der Waals surface area contributed by atoms with Crippen LogP contribution in [0.15, 0.2) is 48.5 Å². The van der Waals surface area contributed by atoms with Crippen molar-refractivity contribution in [2.24, 2.45) is 0 Å². The maximum Gasteiger partial charge on any atom is 0.253 e. The van der Waals surface area contributed by atoms with Crippen LogP contribution in [0, 0.1) is 6.92 Å². The molecule has 3 rings (SSSR count). The number of hydrogen-bond acceptors (Lipinski definition) is 3. The van der Waals surface area contributed by atoms with Gasteiger partial charge in [0, 0.05) is 42.3 Å². The smallest absolute Gasteiger partial charge is 0.253 e. The quantitative estimate of drug-likeness (QED) is 0.880. The van der Waals surface area contributed by atoms with E-state index in [0.717, 1.165) is 25.3 Å². The Labute approximate surface area is 159 Å². The lowest BCUT2D eigenvalue weighted by atomic mass is 10.0. The molecule has 1 heterocycles. The standard InChI is InChI=1S/C21H24N2O2S/c1-15-5-3-4-6-19(15)20-11-12-23(13-14-26-20)21(25)17-7-9-18(10-8-17)22-16(2)24/h3-10,20H,11-14H2,1-2H3,(H,22,24)/t20-/m1/s1. The molecule has 0 radical (unpaired) electrons. The highest BCUT2D eigenvalue weighted by atomic mass is 32.2. The third-order valence-corrected chi connectivity index (χ3v) is 5.93.